The van der Waals surface area contributed by atoms with Crippen molar-refractivity contribution in [1.29, 1.82) is 0 Å². The van der Waals surface area contributed by atoms with Gasteiger partial charge in [-0.1, -0.05) is 80.6 Å². The van der Waals surface area contributed by atoms with E-state index in [2.05, 4.69) is 204 Å². The van der Waals surface area contributed by atoms with Crippen LogP contribution in [-0.2, 0) is 7.05 Å². The molecule has 0 aliphatic heterocycles. The lowest BCUT2D eigenvalue weighted by molar-refractivity contribution is 0.869. The summed E-state index contributed by atoms with van der Waals surface area (Å²) in [6, 6.07) is 56.5. The Hall–Kier alpha value is -6.46. The first-order valence-corrected chi connectivity index (χ1v) is 17.6. The number of hydrogen-bond donors (Lipinski definition) is 0. The van der Waals surface area contributed by atoms with Crippen LogP contribution in [0.15, 0.2) is 170 Å². The molecular formula is C46H38N5+. The van der Waals surface area contributed by atoms with Gasteiger partial charge < -0.3 is 4.90 Å². The van der Waals surface area contributed by atoms with E-state index in [4.69, 9.17) is 4.98 Å². The lowest BCUT2D eigenvalue weighted by Crippen LogP contribution is -2.10. The zero-order chi connectivity index (χ0) is 34.5. The maximum Gasteiger partial charge on any atom is 0.191 e. The van der Waals surface area contributed by atoms with Gasteiger partial charge in [-0.15, -0.1) is 0 Å². The molecule has 9 aromatic rings. The van der Waals surface area contributed by atoms with Crippen molar-refractivity contribution in [1.82, 2.24) is 18.7 Å². The molecule has 0 N–H and O–H groups in total. The van der Waals surface area contributed by atoms with Crippen molar-refractivity contribution in [2.75, 3.05) is 4.90 Å². The molecule has 6 aromatic carbocycles. The Labute approximate surface area is 297 Å². The third kappa shape index (κ3) is 5.26. The molecule has 0 aliphatic rings. The van der Waals surface area contributed by atoms with Gasteiger partial charge in [-0.05, 0) is 89.3 Å². The number of fused-ring (bicyclic) bond motifs is 4. The van der Waals surface area contributed by atoms with E-state index < -0.39 is 0 Å². The first-order valence-electron chi connectivity index (χ1n) is 17.6. The number of aryl methyl sites for hydroxylation is 1. The number of benzene rings is 6. The molecule has 0 amide bonds. The summed E-state index contributed by atoms with van der Waals surface area (Å²) < 4.78 is 6.76. The first kappa shape index (κ1) is 30.6. The monoisotopic (exact) mass is 660 g/mol. The molecule has 246 valence electrons. The Morgan fingerprint density at radius 2 is 1.25 bits per heavy atom. The minimum atomic E-state index is 0.412. The van der Waals surface area contributed by atoms with Crippen molar-refractivity contribution in [3.63, 3.8) is 0 Å². The van der Waals surface area contributed by atoms with Gasteiger partial charge in [0.25, 0.3) is 0 Å². The number of anilines is 3. The van der Waals surface area contributed by atoms with Crippen molar-refractivity contribution in [2.45, 2.75) is 19.8 Å². The Morgan fingerprint density at radius 1 is 0.569 bits per heavy atom. The topological polar surface area (TPSA) is 30.9 Å². The molecule has 0 saturated carbocycles. The zero-order valence-electron chi connectivity index (χ0n) is 29.0. The predicted octanol–water partition coefficient (Wildman–Crippen LogP) is 12.0. The highest BCUT2D eigenvalue weighted by molar-refractivity contribution is 6.10. The smallest absolute Gasteiger partial charge is 0.191 e. The van der Waals surface area contributed by atoms with Crippen LogP contribution < -0.4 is 4.90 Å². The van der Waals surface area contributed by atoms with Crippen LogP contribution in [-0.4, -0.2) is 18.7 Å². The fourth-order valence-electron chi connectivity index (χ4n) is 7.59. The highest BCUT2D eigenvalue weighted by atomic mass is 15.2. The third-order valence-corrected chi connectivity index (χ3v) is 9.97. The summed E-state index contributed by atoms with van der Waals surface area (Å²) in [5.74, 6) is 1.31. The van der Waals surface area contributed by atoms with Crippen LogP contribution in [0.2, 0.25) is 0 Å². The van der Waals surface area contributed by atoms with E-state index in [1.54, 1.807) is 0 Å². The number of imidazole rings is 1. The molecule has 3 heterocycles. The van der Waals surface area contributed by atoms with Crippen LogP contribution in [0.5, 0.6) is 0 Å². The van der Waals surface area contributed by atoms with E-state index in [0.717, 1.165) is 39.6 Å². The average Bonchev–Trinajstić information content (AvgIpc) is 3.70. The lowest BCUT2D eigenvalue weighted by atomic mass is 9.93. The van der Waals surface area contributed by atoms with Crippen molar-refractivity contribution in [2.24, 2.45) is 7.05 Å². The van der Waals surface area contributed by atoms with Gasteiger partial charge in [-0.25, -0.2) is 9.55 Å². The average molecular weight is 661 g/mol. The quantitative estimate of drug-likeness (QED) is 0.159. The number of hydrogen-bond acceptors (Lipinski definition) is 2. The molecule has 0 atom stereocenters. The van der Waals surface area contributed by atoms with Crippen LogP contribution in [0.1, 0.15) is 25.3 Å². The van der Waals surface area contributed by atoms with Crippen LogP contribution in [0.25, 0.3) is 55.5 Å². The molecule has 0 spiro atoms. The molecule has 0 radical (unpaired) electrons. The number of rotatable bonds is 7. The SMILES string of the molecule is CC(C)c1ccccc1-c1ccnc(-n2c3ccccc3c3ccc(N(c4ccccc4)c4cccc(-n5[cH+]n(C)c6ccccc65)c4)cc32)c1. The highest BCUT2D eigenvalue weighted by Gasteiger charge is 2.21. The molecule has 0 unspecified atom stereocenters. The van der Waals surface area contributed by atoms with Gasteiger partial charge >= 0.3 is 0 Å². The standard InChI is InChI=1S/C46H38N5/c1-32(2)38-18-7-8-19-39(38)33-26-27-47-46(28-33)51-42-21-10-9-20-40(42)41-25-24-37(30-45(41)51)50(34-14-5-4-6-15-34)36-17-13-16-35(29-36)49-31-48(3)43-22-11-12-23-44(43)49/h4-32H,1-3H3/q+1. The molecule has 5 heteroatoms. The van der Waals surface area contributed by atoms with Gasteiger partial charge in [-0.2, -0.15) is 4.57 Å². The second kappa shape index (κ2) is 12.5. The van der Waals surface area contributed by atoms with Gasteiger partial charge in [0.15, 0.2) is 17.4 Å². The maximum atomic E-state index is 4.99. The van der Waals surface area contributed by atoms with Crippen LogP contribution in [0, 0.1) is 0 Å². The number of para-hydroxylation sites is 4. The molecule has 0 aliphatic carbocycles. The summed E-state index contributed by atoms with van der Waals surface area (Å²) >= 11 is 0. The van der Waals surface area contributed by atoms with Crippen molar-refractivity contribution >= 4 is 49.9 Å². The number of aromatic nitrogens is 4. The molecule has 5 nitrogen and oxygen atoms in total. The van der Waals surface area contributed by atoms with Crippen molar-refractivity contribution in [3.8, 4) is 22.6 Å². The Kier molecular flexibility index (Phi) is 7.47. The van der Waals surface area contributed by atoms with Gasteiger partial charge in [-0.3, -0.25) is 4.57 Å². The van der Waals surface area contributed by atoms with E-state index >= 15 is 0 Å². The van der Waals surface area contributed by atoms with Crippen molar-refractivity contribution in [3.05, 3.63) is 176 Å². The fourth-order valence-corrected chi connectivity index (χ4v) is 7.59. The van der Waals surface area contributed by atoms with Crippen molar-refractivity contribution < 1.29 is 0 Å². The second-order valence-electron chi connectivity index (χ2n) is 13.5. The van der Waals surface area contributed by atoms with Crippen LogP contribution >= 0.6 is 0 Å². The number of pyridine rings is 1. The maximum absolute atomic E-state index is 4.99. The minimum absolute atomic E-state index is 0.412. The minimum Gasteiger partial charge on any atom is -0.309 e. The highest BCUT2D eigenvalue weighted by Crippen LogP contribution is 2.40. The molecule has 0 saturated heterocycles. The summed E-state index contributed by atoms with van der Waals surface area (Å²) in [7, 11) is 2.10. The summed E-state index contributed by atoms with van der Waals surface area (Å²) in [6.45, 7) is 4.51. The number of nitrogens with zero attached hydrogens (tertiary/aromatic N) is 5. The van der Waals surface area contributed by atoms with Gasteiger partial charge in [0, 0.05) is 59.7 Å². The van der Waals surface area contributed by atoms with Crippen LogP contribution in [0.3, 0.4) is 0 Å². The second-order valence-corrected chi connectivity index (χ2v) is 13.5. The molecule has 51 heavy (non-hydrogen) atoms. The van der Waals surface area contributed by atoms with Crippen LogP contribution in [0.4, 0.5) is 17.1 Å². The normalized spacial score (nSPS) is 11.6. The molecule has 3 aromatic heterocycles. The van der Waals surface area contributed by atoms with E-state index in [1.165, 1.54) is 38.5 Å². The molecular weight excluding hydrogens is 623 g/mol. The third-order valence-electron chi connectivity index (χ3n) is 9.97. The van der Waals surface area contributed by atoms with E-state index in [1.807, 2.05) is 6.20 Å². The van der Waals surface area contributed by atoms with Gasteiger partial charge in [0.1, 0.15) is 11.5 Å². The van der Waals surface area contributed by atoms with Gasteiger partial charge in [0.05, 0.1) is 16.7 Å². The first-order chi connectivity index (χ1) is 25.0. The predicted molar refractivity (Wildman–Crippen MR) is 213 cm³/mol. The summed E-state index contributed by atoms with van der Waals surface area (Å²) in [5.41, 5.74) is 12.7. The van der Waals surface area contributed by atoms with Gasteiger partial charge in [0.2, 0.25) is 0 Å². The Balaban J connectivity index is 1.24. The van der Waals surface area contributed by atoms with E-state index in [9.17, 15) is 0 Å². The Bertz CT molecular complexity index is 2700. The summed E-state index contributed by atoms with van der Waals surface area (Å²) in [5, 5.41) is 2.40. The lowest BCUT2D eigenvalue weighted by Gasteiger charge is -2.25. The fraction of sp³-hybridized carbons (Fsp3) is 0.0870. The van der Waals surface area contributed by atoms with E-state index in [0.29, 0.717) is 5.92 Å². The largest absolute Gasteiger partial charge is 0.309 e. The molecule has 0 bridgehead atoms. The molecule has 9 rings (SSSR count). The summed E-state index contributed by atoms with van der Waals surface area (Å²) in [4.78, 5) is 7.34. The van der Waals surface area contributed by atoms with E-state index in [-0.39, 0.29) is 0 Å². The summed E-state index contributed by atoms with van der Waals surface area (Å²) in [6.07, 6.45) is 4.10. The zero-order valence-corrected chi connectivity index (χ0v) is 29.0. The molecule has 0 fully saturated rings. The Morgan fingerprint density at radius 3 is 2.10 bits per heavy atom.